The van der Waals surface area contributed by atoms with Crippen molar-refractivity contribution in [3.63, 3.8) is 0 Å². The molecular formula is C14H13ClIN2O2+. The Kier molecular flexibility index (Phi) is 6.09. The molecule has 0 spiro atoms. The molecule has 1 aromatic carbocycles. The van der Waals surface area contributed by atoms with Gasteiger partial charge in [-0.1, -0.05) is 11.6 Å². The van der Waals surface area contributed by atoms with E-state index in [2.05, 4.69) is 0 Å². The molecule has 0 amide bonds. The second-order valence-electron chi connectivity index (χ2n) is 4.03. The zero-order valence-electron chi connectivity index (χ0n) is 10.7. The summed E-state index contributed by atoms with van der Waals surface area (Å²) in [6, 6.07) is 10.2. The molecule has 104 valence electrons. The van der Waals surface area contributed by atoms with E-state index in [4.69, 9.17) is 11.6 Å². The molecule has 1 heterocycles. The van der Waals surface area contributed by atoms with Gasteiger partial charge in [0.05, 0.1) is 4.92 Å². The predicted octanol–water partition coefficient (Wildman–Crippen LogP) is 3.86. The highest BCUT2D eigenvalue weighted by atomic mass is 127. The molecule has 2 rings (SSSR count). The van der Waals surface area contributed by atoms with Crippen molar-refractivity contribution in [2.24, 2.45) is 7.05 Å². The predicted molar refractivity (Wildman–Crippen MR) is 90.1 cm³/mol. The van der Waals surface area contributed by atoms with Crippen LogP contribution in [0.5, 0.6) is 0 Å². The lowest BCUT2D eigenvalue weighted by molar-refractivity contribution is -0.673. The molecule has 0 aliphatic carbocycles. The molecular weight excluding hydrogens is 391 g/mol. The van der Waals surface area contributed by atoms with Crippen LogP contribution < -0.4 is 4.57 Å². The van der Waals surface area contributed by atoms with Gasteiger partial charge in [0.25, 0.3) is 5.69 Å². The van der Waals surface area contributed by atoms with Crippen LogP contribution >= 0.6 is 35.6 Å². The second kappa shape index (κ2) is 7.35. The van der Waals surface area contributed by atoms with E-state index < -0.39 is 4.92 Å². The number of nitrogens with zero attached hydrogens (tertiary/aromatic N) is 2. The molecule has 0 radical (unpaired) electrons. The molecule has 0 unspecified atom stereocenters. The van der Waals surface area contributed by atoms with Gasteiger partial charge in [-0.25, -0.2) is 4.57 Å². The van der Waals surface area contributed by atoms with Crippen LogP contribution in [0.4, 0.5) is 5.69 Å². The van der Waals surface area contributed by atoms with E-state index in [0.717, 1.165) is 5.69 Å². The van der Waals surface area contributed by atoms with Crippen LogP contribution in [0, 0.1) is 10.1 Å². The maximum atomic E-state index is 10.7. The van der Waals surface area contributed by atoms with Crippen molar-refractivity contribution in [2.75, 3.05) is 0 Å². The zero-order valence-corrected chi connectivity index (χ0v) is 13.8. The molecule has 0 aliphatic heterocycles. The summed E-state index contributed by atoms with van der Waals surface area (Å²) >= 11 is 6.03. The average Bonchev–Trinajstić information content (AvgIpc) is 2.39. The lowest BCUT2D eigenvalue weighted by Gasteiger charge is -1.98. The highest BCUT2D eigenvalue weighted by Gasteiger charge is 2.08. The summed E-state index contributed by atoms with van der Waals surface area (Å²) in [5.41, 5.74) is 1.63. The Hall–Kier alpha value is -1.47. The number of aryl methyl sites for hydroxylation is 1. The van der Waals surface area contributed by atoms with Gasteiger partial charge in [-0.2, -0.15) is 0 Å². The smallest absolute Gasteiger partial charge is 0.258 e. The van der Waals surface area contributed by atoms with Gasteiger partial charge in [0, 0.05) is 40.9 Å². The number of hydrogen-bond donors (Lipinski definition) is 0. The molecule has 1 aromatic heterocycles. The van der Waals surface area contributed by atoms with Crippen molar-refractivity contribution in [2.45, 2.75) is 0 Å². The highest BCUT2D eigenvalue weighted by Crippen LogP contribution is 2.23. The first-order valence-electron chi connectivity index (χ1n) is 5.64. The summed E-state index contributed by atoms with van der Waals surface area (Å²) in [5, 5.41) is 11.2. The Bertz CT molecular complexity index is 659. The van der Waals surface area contributed by atoms with Crippen molar-refractivity contribution < 1.29 is 9.49 Å². The van der Waals surface area contributed by atoms with E-state index in [9.17, 15) is 10.1 Å². The van der Waals surface area contributed by atoms with Crippen LogP contribution in [0.3, 0.4) is 0 Å². The molecule has 20 heavy (non-hydrogen) atoms. The van der Waals surface area contributed by atoms with Crippen molar-refractivity contribution in [3.05, 3.63) is 69.0 Å². The maximum absolute atomic E-state index is 10.7. The van der Waals surface area contributed by atoms with E-state index in [1.807, 2.05) is 42.1 Å². The van der Waals surface area contributed by atoms with Crippen molar-refractivity contribution >= 4 is 53.4 Å². The van der Waals surface area contributed by atoms with Crippen molar-refractivity contribution in [1.82, 2.24) is 0 Å². The third-order valence-corrected chi connectivity index (χ3v) is 3.06. The van der Waals surface area contributed by atoms with E-state index in [0.29, 0.717) is 10.6 Å². The van der Waals surface area contributed by atoms with Gasteiger partial charge in [0.1, 0.15) is 7.05 Å². The first kappa shape index (κ1) is 16.6. The van der Waals surface area contributed by atoms with Gasteiger partial charge >= 0.3 is 0 Å². The topological polar surface area (TPSA) is 47.0 Å². The first-order valence-corrected chi connectivity index (χ1v) is 6.02. The minimum Gasteiger partial charge on any atom is -0.258 e. The van der Waals surface area contributed by atoms with Gasteiger partial charge in [-0.3, -0.25) is 10.1 Å². The van der Waals surface area contributed by atoms with Gasteiger partial charge < -0.3 is 0 Å². The number of non-ortho nitro benzene ring substituents is 1. The monoisotopic (exact) mass is 403 g/mol. The number of rotatable bonds is 3. The molecule has 6 heteroatoms. The molecule has 2 aromatic rings. The standard InChI is InChI=1S/C14H12ClN2O2.HI/c1-16-9-3-2-4-12(16)6-5-11-10-13(17(18)19)7-8-14(11)15;/h2-10H,1H3;1H/q+1;/b6-5+;. The Morgan fingerprint density at radius 2 is 2.00 bits per heavy atom. The maximum Gasteiger partial charge on any atom is 0.270 e. The minimum absolute atomic E-state index is 0. The van der Waals surface area contributed by atoms with Crippen molar-refractivity contribution in [1.29, 1.82) is 0 Å². The minimum atomic E-state index is -0.434. The number of benzene rings is 1. The van der Waals surface area contributed by atoms with Crippen LogP contribution in [-0.4, -0.2) is 4.92 Å². The summed E-state index contributed by atoms with van der Waals surface area (Å²) in [4.78, 5) is 10.3. The number of pyridine rings is 1. The fourth-order valence-electron chi connectivity index (χ4n) is 1.66. The molecule has 0 aliphatic rings. The van der Waals surface area contributed by atoms with Gasteiger partial charge in [0.15, 0.2) is 6.20 Å². The molecule has 0 N–H and O–H groups in total. The molecule has 0 saturated carbocycles. The summed E-state index contributed by atoms with van der Waals surface area (Å²) < 4.78 is 1.95. The van der Waals surface area contributed by atoms with Crippen molar-refractivity contribution in [3.8, 4) is 0 Å². The Labute approximate surface area is 138 Å². The van der Waals surface area contributed by atoms with Crippen LogP contribution in [0.15, 0.2) is 42.6 Å². The normalized spacial score (nSPS) is 10.3. The van der Waals surface area contributed by atoms with E-state index in [1.54, 1.807) is 6.08 Å². The fourth-order valence-corrected chi connectivity index (χ4v) is 1.84. The molecule has 0 fully saturated rings. The molecule has 4 nitrogen and oxygen atoms in total. The van der Waals surface area contributed by atoms with E-state index >= 15 is 0 Å². The van der Waals surface area contributed by atoms with Gasteiger partial charge in [-0.15, -0.1) is 24.0 Å². The lowest BCUT2D eigenvalue weighted by atomic mass is 10.1. The summed E-state index contributed by atoms with van der Waals surface area (Å²) in [6.07, 6.45) is 5.56. The van der Waals surface area contributed by atoms with E-state index in [1.165, 1.54) is 18.2 Å². The van der Waals surface area contributed by atoms with Crippen LogP contribution in [0.25, 0.3) is 12.2 Å². The molecule has 0 saturated heterocycles. The van der Waals surface area contributed by atoms with Crippen LogP contribution in [-0.2, 0) is 7.05 Å². The number of nitro groups is 1. The van der Waals surface area contributed by atoms with Crippen LogP contribution in [0.1, 0.15) is 11.3 Å². The molecule has 0 atom stereocenters. The van der Waals surface area contributed by atoms with Gasteiger partial charge in [-0.05, 0) is 18.2 Å². The second-order valence-corrected chi connectivity index (χ2v) is 4.44. The number of nitro benzene ring substituents is 1. The SMILES string of the molecule is C[n+]1ccccc1/C=C/c1cc([N+](=O)[O-])ccc1Cl.I. The molecule has 0 bridgehead atoms. The quantitative estimate of drug-likeness (QED) is 0.338. The summed E-state index contributed by atoms with van der Waals surface area (Å²) in [6.45, 7) is 0. The van der Waals surface area contributed by atoms with E-state index in [-0.39, 0.29) is 29.7 Å². The largest absolute Gasteiger partial charge is 0.270 e. The number of halogens is 2. The summed E-state index contributed by atoms with van der Waals surface area (Å²) in [5.74, 6) is 0. The fraction of sp³-hybridized carbons (Fsp3) is 0.0714. The van der Waals surface area contributed by atoms with Gasteiger partial charge in [0.2, 0.25) is 5.69 Å². The Morgan fingerprint density at radius 1 is 1.25 bits per heavy atom. The van der Waals surface area contributed by atoms with Crippen LogP contribution in [0.2, 0.25) is 5.02 Å². The Morgan fingerprint density at radius 3 is 2.65 bits per heavy atom. The Balaban J connectivity index is 0.00000200. The third kappa shape index (κ3) is 4.01. The number of aromatic nitrogens is 1. The highest BCUT2D eigenvalue weighted by molar-refractivity contribution is 14.0. The average molecular weight is 404 g/mol. The lowest BCUT2D eigenvalue weighted by Crippen LogP contribution is -2.30. The summed E-state index contributed by atoms with van der Waals surface area (Å²) in [7, 11) is 1.93. The number of hydrogen-bond acceptors (Lipinski definition) is 2. The zero-order chi connectivity index (χ0) is 13.8. The third-order valence-electron chi connectivity index (χ3n) is 2.72. The first-order chi connectivity index (χ1) is 9.08.